The van der Waals surface area contributed by atoms with Crippen LogP contribution in [0.25, 0.3) is 0 Å². The molecule has 0 N–H and O–H groups in total. The Hall–Kier alpha value is -2.77. The van der Waals surface area contributed by atoms with Crippen LogP contribution in [-0.2, 0) is 17.9 Å². The molecule has 8 heteroatoms. The molecular weight excluding hydrogens is 325 g/mol. The fourth-order valence-corrected chi connectivity index (χ4v) is 2.02. The number of likely N-dealkylation sites (N-methyl/N-ethyl adjacent to an activating group) is 1. The molecule has 24 heavy (non-hydrogen) atoms. The lowest BCUT2D eigenvalue weighted by Crippen LogP contribution is -2.33. The van der Waals surface area contributed by atoms with E-state index in [0.717, 1.165) is 0 Å². The summed E-state index contributed by atoms with van der Waals surface area (Å²) in [6.45, 7) is 0.0954. The maximum atomic E-state index is 12.1. The molecule has 2 aromatic rings. The van der Waals surface area contributed by atoms with Crippen molar-refractivity contribution >= 4 is 5.91 Å². The Labute approximate surface area is 135 Å². The monoisotopic (exact) mass is 340 g/mol. The van der Waals surface area contributed by atoms with E-state index in [0.29, 0.717) is 5.56 Å². The highest BCUT2D eigenvalue weighted by Crippen LogP contribution is 2.22. The van der Waals surface area contributed by atoms with Gasteiger partial charge in [0, 0.05) is 25.9 Å². The molecule has 1 heterocycles. The number of carbonyl (C=O) groups is 1. The SMILES string of the molecule is CN(Cc1ccc(OC(F)(F)F)cc1)C(=O)Cn1ccccc1=O. The van der Waals surface area contributed by atoms with Crippen molar-refractivity contribution < 1.29 is 22.7 Å². The minimum Gasteiger partial charge on any atom is -0.406 e. The number of hydrogen-bond donors (Lipinski definition) is 0. The third-order valence-corrected chi connectivity index (χ3v) is 3.21. The minimum absolute atomic E-state index is 0.106. The van der Waals surface area contributed by atoms with Crippen molar-refractivity contribution in [2.75, 3.05) is 7.05 Å². The molecule has 0 aliphatic rings. The summed E-state index contributed by atoms with van der Waals surface area (Å²) in [6, 6.07) is 9.84. The molecule has 1 aromatic carbocycles. The molecule has 128 valence electrons. The van der Waals surface area contributed by atoms with Gasteiger partial charge in [-0.25, -0.2) is 0 Å². The van der Waals surface area contributed by atoms with Crippen molar-refractivity contribution in [3.05, 3.63) is 64.6 Å². The predicted octanol–water partition coefficient (Wildman–Crippen LogP) is 2.41. The molecule has 2 rings (SSSR count). The van der Waals surface area contributed by atoms with Gasteiger partial charge in [-0.15, -0.1) is 13.2 Å². The maximum Gasteiger partial charge on any atom is 0.573 e. The fourth-order valence-electron chi connectivity index (χ4n) is 2.02. The van der Waals surface area contributed by atoms with Crippen LogP contribution in [-0.4, -0.2) is 28.8 Å². The van der Waals surface area contributed by atoms with Crippen molar-refractivity contribution in [3.8, 4) is 5.75 Å². The van der Waals surface area contributed by atoms with E-state index in [2.05, 4.69) is 4.74 Å². The number of aromatic nitrogens is 1. The average Bonchev–Trinajstić information content (AvgIpc) is 2.50. The minimum atomic E-state index is -4.74. The lowest BCUT2D eigenvalue weighted by molar-refractivity contribution is -0.274. The zero-order chi connectivity index (χ0) is 17.7. The van der Waals surface area contributed by atoms with Crippen LogP contribution < -0.4 is 10.3 Å². The summed E-state index contributed by atoms with van der Waals surface area (Å²) >= 11 is 0. The molecule has 0 bridgehead atoms. The number of alkyl halides is 3. The first-order chi connectivity index (χ1) is 11.2. The third kappa shape index (κ3) is 5.15. The highest BCUT2D eigenvalue weighted by Gasteiger charge is 2.30. The van der Waals surface area contributed by atoms with Gasteiger partial charge in [0.05, 0.1) is 0 Å². The van der Waals surface area contributed by atoms with Gasteiger partial charge in [-0.3, -0.25) is 9.59 Å². The summed E-state index contributed by atoms with van der Waals surface area (Å²) in [5.74, 6) is -0.616. The van der Waals surface area contributed by atoms with Crippen LogP contribution in [0.2, 0.25) is 0 Å². The summed E-state index contributed by atoms with van der Waals surface area (Å²) in [4.78, 5) is 25.1. The maximum absolute atomic E-state index is 12.1. The third-order valence-electron chi connectivity index (χ3n) is 3.21. The number of benzene rings is 1. The predicted molar refractivity (Wildman–Crippen MR) is 80.3 cm³/mol. The van der Waals surface area contributed by atoms with Gasteiger partial charge in [-0.1, -0.05) is 18.2 Å². The van der Waals surface area contributed by atoms with E-state index in [1.165, 1.54) is 46.0 Å². The Balaban J connectivity index is 1.96. The lowest BCUT2D eigenvalue weighted by Gasteiger charge is -2.18. The molecule has 1 amide bonds. The summed E-state index contributed by atoms with van der Waals surface area (Å²) in [6.07, 6.45) is -3.23. The summed E-state index contributed by atoms with van der Waals surface area (Å²) in [5.41, 5.74) is 0.355. The standard InChI is InChI=1S/C16H15F3N2O3/c1-20(15(23)11-21-9-3-2-4-14(21)22)10-12-5-7-13(8-6-12)24-16(17,18)19/h2-9H,10-11H2,1H3. The first-order valence-electron chi connectivity index (χ1n) is 6.99. The second-order valence-electron chi connectivity index (χ2n) is 5.11. The second-order valence-corrected chi connectivity index (χ2v) is 5.11. The Bertz CT molecular complexity index is 754. The van der Waals surface area contributed by atoms with Crippen molar-refractivity contribution in [2.24, 2.45) is 0 Å². The van der Waals surface area contributed by atoms with Crippen molar-refractivity contribution in [3.63, 3.8) is 0 Å². The van der Waals surface area contributed by atoms with E-state index < -0.39 is 6.36 Å². The molecule has 0 aliphatic heterocycles. The lowest BCUT2D eigenvalue weighted by atomic mass is 10.2. The molecular formula is C16H15F3N2O3. The molecule has 5 nitrogen and oxygen atoms in total. The van der Waals surface area contributed by atoms with Crippen LogP contribution in [0.3, 0.4) is 0 Å². The Morgan fingerprint density at radius 1 is 1.17 bits per heavy atom. The van der Waals surface area contributed by atoms with Gasteiger partial charge < -0.3 is 14.2 Å². The molecule has 0 atom stereocenters. The molecule has 0 spiro atoms. The van der Waals surface area contributed by atoms with Gasteiger partial charge in [0.15, 0.2) is 0 Å². The summed E-state index contributed by atoms with van der Waals surface area (Å²) in [7, 11) is 1.55. The Kier molecular flexibility index (Phi) is 5.28. The summed E-state index contributed by atoms with van der Waals surface area (Å²) in [5, 5.41) is 0. The van der Waals surface area contributed by atoms with Crippen LogP contribution in [0.1, 0.15) is 5.56 Å². The number of rotatable bonds is 5. The number of amides is 1. The van der Waals surface area contributed by atoms with Crippen LogP contribution in [0.5, 0.6) is 5.75 Å². The van der Waals surface area contributed by atoms with Gasteiger partial charge in [0.2, 0.25) is 5.91 Å². The van der Waals surface area contributed by atoms with Gasteiger partial charge >= 0.3 is 6.36 Å². The van der Waals surface area contributed by atoms with Crippen molar-refractivity contribution in [2.45, 2.75) is 19.5 Å². The largest absolute Gasteiger partial charge is 0.573 e. The van der Waals surface area contributed by atoms with E-state index in [9.17, 15) is 22.8 Å². The highest BCUT2D eigenvalue weighted by molar-refractivity contribution is 5.75. The smallest absolute Gasteiger partial charge is 0.406 e. The number of nitrogens with zero attached hydrogens (tertiary/aromatic N) is 2. The van der Waals surface area contributed by atoms with Crippen LogP contribution in [0.4, 0.5) is 13.2 Å². The van der Waals surface area contributed by atoms with Crippen molar-refractivity contribution in [1.29, 1.82) is 0 Å². The van der Waals surface area contributed by atoms with Crippen LogP contribution in [0.15, 0.2) is 53.5 Å². The number of ether oxygens (including phenoxy) is 1. The number of hydrogen-bond acceptors (Lipinski definition) is 3. The van der Waals surface area contributed by atoms with Crippen LogP contribution >= 0.6 is 0 Å². The van der Waals surface area contributed by atoms with E-state index >= 15 is 0 Å². The van der Waals surface area contributed by atoms with Gasteiger partial charge in [0.1, 0.15) is 12.3 Å². The zero-order valence-electron chi connectivity index (χ0n) is 12.8. The summed E-state index contributed by atoms with van der Waals surface area (Å²) < 4.78 is 41.3. The van der Waals surface area contributed by atoms with Gasteiger partial charge in [-0.05, 0) is 23.8 Å². The zero-order valence-corrected chi connectivity index (χ0v) is 12.8. The highest BCUT2D eigenvalue weighted by atomic mass is 19.4. The van der Waals surface area contributed by atoms with E-state index in [1.807, 2.05) is 0 Å². The van der Waals surface area contributed by atoms with Crippen molar-refractivity contribution in [1.82, 2.24) is 9.47 Å². The molecule has 0 saturated carbocycles. The van der Waals surface area contributed by atoms with E-state index in [-0.39, 0.29) is 30.3 Å². The normalized spacial score (nSPS) is 11.2. The molecule has 0 saturated heterocycles. The quantitative estimate of drug-likeness (QED) is 0.840. The van der Waals surface area contributed by atoms with Gasteiger partial charge in [-0.2, -0.15) is 0 Å². The molecule has 0 fully saturated rings. The fraction of sp³-hybridized carbons (Fsp3) is 0.250. The first kappa shape index (κ1) is 17.6. The van der Waals surface area contributed by atoms with Gasteiger partial charge in [0.25, 0.3) is 5.56 Å². The van der Waals surface area contributed by atoms with E-state index in [1.54, 1.807) is 19.2 Å². The average molecular weight is 340 g/mol. The number of halogens is 3. The Morgan fingerprint density at radius 2 is 1.83 bits per heavy atom. The van der Waals surface area contributed by atoms with E-state index in [4.69, 9.17) is 0 Å². The first-order valence-corrected chi connectivity index (χ1v) is 6.99. The molecule has 0 radical (unpaired) electrons. The number of pyridine rings is 1. The number of carbonyl (C=O) groups excluding carboxylic acids is 1. The van der Waals surface area contributed by atoms with Crippen LogP contribution in [0, 0.1) is 0 Å². The molecule has 0 aliphatic carbocycles. The second kappa shape index (κ2) is 7.20. The topological polar surface area (TPSA) is 51.5 Å². The molecule has 1 aromatic heterocycles. The molecule has 0 unspecified atom stereocenters. The Morgan fingerprint density at radius 3 is 2.42 bits per heavy atom.